The Hall–Kier alpha value is -9.97. The molecule has 2 aliphatic heterocycles. The fraction of sp³-hybridized carbons (Fsp3) is 0.253. The molecule has 0 saturated carbocycles. The van der Waals surface area contributed by atoms with Gasteiger partial charge in [0.2, 0.25) is 0 Å². The second-order valence-electron chi connectivity index (χ2n) is 34.2. The molecule has 0 atom stereocenters. The Morgan fingerprint density at radius 3 is 1.19 bits per heavy atom. The lowest BCUT2D eigenvalue weighted by atomic mass is 9.33. The quantitative estimate of drug-likeness (QED) is 0.142. The fourth-order valence-electron chi connectivity index (χ4n) is 15.1. The normalized spacial score (nSPS) is 14.1. The average Bonchev–Trinajstić information content (AvgIpc) is 0.726. The lowest BCUT2D eigenvalue weighted by Crippen LogP contribution is -2.61. The molecule has 15 rings (SSSR count). The predicted molar refractivity (Wildman–Crippen MR) is 432 cm³/mol. The summed E-state index contributed by atoms with van der Waals surface area (Å²) in [5.41, 5.74) is 26.5. The SMILES string of the molecule is [2H]c1c([2H])c([2H])c(-c2ccc3c(c2)N(c2c(-c4ccccc4)cc(C(C)(C)C)cc2-c2cccc(C(C)(C)C)n2)c2cc(C(C)(C)C)cc4c2B3c2ccc(-n3c5ccc(C(C)(C)C)cc5c5cc(C(C)(C)C)ccc53)cc2N4c2c(-c3ccccc3)cc(C(C)(C)C)cc2-c2ccccc2)c([2H])c1[2H]. The molecule has 0 amide bonds. The van der Waals surface area contributed by atoms with Crippen molar-refractivity contribution in [3.63, 3.8) is 0 Å². The van der Waals surface area contributed by atoms with E-state index < -0.39 is 18.2 Å². The van der Waals surface area contributed by atoms with Crippen LogP contribution in [0.4, 0.5) is 34.1 Å². The molecule has 2 aromatic heterocycles. The van der Waals surface area contributed by atoms with Crippen molar-refractivity contribution >= 4 is 79.0 Å². The summed E-state index contributed by atoms with van der Waals surface area (Å²) in [6, 6.07) is 79.7. The van der Waals surface area contributed by atoms with Crippen molar-refractivity contribution < 1.29 is 6.85 Å². The molecule has 0 saturated heterocycles. The third-order valence-electron chi connectivity index (χ3n) is 20.9. The summed E-state index contributed by atoms with van der Waals surface area (Å²) in [5, 5.41) is 2.42. The maximum Gasteiger partial charge on any atom is 0.252 e. The van der Waals surface area contributed by atoms with Crippen molar-refractivity contribution in [3.8, 4) is 61.5 Å². The summed E-state index contributed by atoms with van der Waals surface area (Å²) in [5.74, 6) is 0. The summed E-state index contributed by atoms with van der Waals surface area (Å²) in [6.07, 6.45) is 0. The van der Waals surface area contributed by atoms with Gasteiger partial charge in [0.1, 0.15) is 0 Å². The number of rotatable bonds is 8. The van der Waals surface area contributed by atoms with Crippen LogP contribution in [0.15, 0.2) is 249 Å². The minimum atomic E-state index is -0.443. The number of fused-ring (bicyclic) bond motifs is 7. The highest BCUT2D eigenvalue weighted by atomic mass is 15.2. The number of benzene rings is 11. The maximum absolute atomic E-state index is 9.66. The Morgan fingerprint density at radius 1 is 0.320 bits per heavy atom. The van der Waals surface area contributed by atoms with E-state index in [0.717, 1.165) is 129 Å². The third-order valence-corrected chi connectivity index (χ3v) is 20.9. The van der Waals surface area contributed by atoms with Gasteiger partial charge in [-0.25, -0.2) is 0 Å². The first kappa shape index (κ1) is 60.0. The number of hydrogen-bond acceptors (Lipinski definition) is 3. The first-order valence-electron chi connectivity index (χ1n) is 38.2. The molecule has 0 fully saturated rings. The van der Waals surface area contributed by atoms with Crippen molar-refractivity contribution in [2.24, 2.45) is 0 Å². The Bertz CT molecular complexity index is 5510. The van der Waals surface area contributed by atoms with E-state index in [9.17, 15) is 2.74 Å². The highest BCUT2D eigenvalue weighted by Gasteiger charge is 2.47. The van der Waals surface area contributed by atoms with E-state index in [1.807, 2.05) is 6.07 Å². The first-order chi connectivity index (χ1) is 49.5. The molecule has 0 N–H and O–H groups in total. The fourth-order valence-corrected chi connectivity index (χ4v) is 15.1. The number of pyridine rings is 1. The lowest BCUT2D eigenvalue weighted by Gasteiger charge is -2.47. The topological polar surface area (TPSA) is 24.3 Å². The molecule has 0 radical (unpaired) electrons. The van der Waals surface area contributed by atoms with Crippen LogP contribution in [0.3, 0.4) is 0 Å². The first-order valence-corrected chi connectivity index (χ1v) is 35.7. The molecule has 0 spiro atoms. The van der Waals surface area contributed by atoms with Crippen molar-refractivity contribution in [2.45, 2.75) is 157 Å². The Balaban J connectivity index is 1.16. The van der Waals surface area contributed by atoms with E-state index in [1.165, 1.54) is 27.5 Å². The number of hydrogen-bond donors (Lipinski definition) is 0. The van der Waals surface area contributed by atoms with Crippen LogP contribution in [-0.4, -0.2) is 16.3 Å². The van der Waals surface area contributed by atoms with Crippen LogP contribution in [0.2, 0.25) is 0 Å². The van der Waals surface area contributed by atoms with Crippen molar-refractivity contribution in [1.29, 1.82) is 0 Å². The standard InChI is InChI=1S/C95H95BN4/c1-90(2,3)65-43-48-80-74(51-65)75-52-66(91(4,5)6)44-49-81(75)98(80)70-45-47-78-83(59-70)100(88-71(61-34-25-20-26-35-61)53-67(92(7,8)9)54-72(88)62-36-27-21-28-37-62)85-58-69(94(13,14)15)57-84-87(85)96(78)77-46-42-64(60-32-23-19-24-33-60)50-82(77)99(84)89-73(63-38-29-22-30-39-63)55-68(93(10,11)12)56-76(89)79-40-31-41-86(97-79)95(16,17)18/h19-59H,1-18H3/i19D,23D,24D,32D,33D. The molecule has 0 aliphatic carbocycles. The second kappa shape index (κ2) is 23.9. The predicted octanol–water partition coefficient (Wildman–Crippen LogP) is 24.4. The van der Waals surface area contributed by atoms with E-state index in [0.29, 0.717) is 5.56 Å². The largest absolute Gasteiger partial charge is 0.310 e. The molecule has 2 aliphatic rings. The van der Waals surface area contributed by atoms with Crippen LogP contribution in [0.25, 0.3) is 83.3 Å². The van der Waals surface area contributed by atoms with Crippen LogP contribution >= 0.6 is 0 Å². The Morgan fingerprint density at radius 2 is 0.740 bits per heavy atom. The Kier molecular flexibility index (Phi) is 14.3. The molecule has 100 heavy (non-hydrogen) atoms. The summed E-state index contributed by atoms with van der Waals surface area (Å²) in [4.78, 5) is 10.8. The summed E-state index contributed by atoms with van der Waals surface area (Å²) >= 11 is 0. The lowest BCUT2D eigenvalue weighted by molar-refractivity contribution is 0.569. The molecule has 5 heteroatoms. The van der Waals surface area contributed by atoms with Crippen LogP contribution < -0.4 is 26.2 Å². The van der Waals surface area contributed by atoms with Gasteiger partial charge >= 0.3 is 0 Å². The van der Waals surface area contributed by atoms with Crippen LogP contribution in [0.5, 0.6) is 0 Å². The van der Waals surface area contributed by atoms with E-state index >= 15 is 0 Å². The van der Waals surface area contributed by atoms with Gasteiger partial charge in [-0.15, -0.1) is 0 Å². The van der Waals surface area contributed by atoms with Gasteiger partial charge < -0.3 is 14.4 Å². The van der Waals surface area contributed by atoms with E-state index in [1.54, 1.807) is 0 Å². The summed E-state index contributed by atoms with van der Waals surface area (Å²) in [6.45, 7) is 40.8. The molecule has 13 aromatic rings. The zero-order valence-corrected chi connectivity index (χ0v) is 61.7. The van der Waals surface area contributed by atoms with Crippen LogP contribution in [0.1, 0.15) is 165 Å². The molecule has 4 heterocycles. The van der Waals surface area contributed by atoms with Crippen LogP contribution in [-0.2, 0) is 32.5 Å². The number of aromatic nitrogens is 2. The summed E-state index contributed by atoms with van der Waals surface area (Å²) < 4.78 is 48.9. The maximum atomic E-state index is 9.66. The molecular weight excluding hydrogens is 1210 g/mol. The molecule has 498 valence electrons. The Labute approximate surface area is 602 Å². The average molecular weight is 1310 g/mol. The van der Waals surface area contributed by atoms with Gasteiger partial charge in [0.15, 0.2) is 0 Å². The number of anilines is 6. The smallest absolute Gasteiger partial charge is 0.252 e. The van der Waals surface area contributed by atoms with Crippen molar-refractivity contribution in [3.05, 3.63) is 282 Å². The zero-order chi connectivity index (χ0) is 74.7. The van der Waals surface area contributed by atoms with Crippen LogP contribution in [0, 0.1) is 0 Å². The van der Waals surface area contributed by atoms with Crippen molar-refractivity contribution in [2.75, 3.05) is 9.80 Å². The van der Waals surface area contributed by atoms with Gasteiger partial charge in [0, 0.05) is 72.6 Å². The third kappa shape index (κ3) is 11.6. The number of nitrogens with zero attached hydrogens (tertiary/aromatic N) is 4. The highest BCUT2D eigenvalue weighted by Crippen LogP contribution is 2.56. The van der Waals surface area contributed by atoms with E-state index in [-0.39, 0.29) is 56.8 Å². The van der Waals surface area contributed by atoms with Gasteiger partial charge in [-0.05, 0) is 190 Å². The van der Waals surface area contributed by atoms with Gasteiger partial charge in [-0.3, -0.25) is 4.98 Å². The molecule has 11 aromatic carbocycles. The second-order valence-corrected chi connectivity index (χ2v) is 34.2. The van der Waals surface area contributed by atoms with E-state index in [2.05, 4.69) is 351 Å². The highest BCUT2D eigenvalue weighted by molar-refractivity contribution is 7.00. The minimum absolute atomic E-state index is 0.0969. The van der Waals surface area contributed by atoms with Gasteiger partial charge in [-0.1, -0.05) is 282 Å². The van der Waals surface area contributed by atoms with Gasteiger partial charge in [0.05, 0.1) is 35.0 Å². The van der Waals surface area contributed by atoms with Gasteiger partial charge in [0.25, 0.3) is 6.71 Å². The molecular formula is C95H95BN4. The van der Waals surface area contributed by atoms with Crippen molar-refractivity contribution in [1.82, 2.24) is 9.55 Å². The van der Waals surface area contributed by atoms with E-state index in [4.69, 9.17) is 9.10 Å². The molecule has 0 bridgehead atoms. The minimum Gasteiger partial charge on any atom is -0.310 e. The zero-order valence-electron chi connectivity index (χ0n) is 66.7. The van der Waals surface area contributed by atoms with Gasteiger partial charge in [-0.2, -0.15) is 0 Å². The molecule has 4 nitrogen and oxygen atoms in total. The molecule has 0 unspecified atom stereocenters. The monoisotopic (exact) mass is 1310 g/mol. The summed E-state index contributed by atoms with van der Waals surface area (Å²) in [7, 11) is 0.